The summed E-state index contributed by atoms with van der Waals surface area (Å²) in [5, 5.41) is 11.5. The molecule has 0 bridgehead atoms. The van der Waals surface area contributed by atoms with Gasteiger partial charge in [-0.05, 0) is 18.2 Å². The lowest BCUT2D eigenvalue weighted by atomic mass is 10.2. The van der Waals surface area contributed by atoms with Crippen LogP contribution in [0.3, 0.4) is 0 Å². The van der Waals surface area contributed by atoms with E-state index in [1.54, 1.807) is 18.2 Å². The van der Waals surface area contributed by atoms with Gasteiger partial charge in [-0.2, -0.15) is 5.26 Å². The van der Waals surface area contributed by atoms with Gasteiger partial charge in [0.15, 0.2) is 5.13 Å². The molecule has 0 unspecified atom stereocenters. The fourth-order valence-electron chi connectivity index (χ4n) is 1.42. The predicted molar refractivity (Wildman–Crippen MR) is 66.6 cm³/mol. The van der Waals surface area contributed by atoms with Gasteiger partial charge >= 0.3 is 0 Å². The number of nitrogens with zero attached hydrogens (tertiary/aromatic N) is 2. The standard InChI is InChI=1S/C11H10N4OS/c12-4-1-5-14-10(16)7-2-3-8-9(6-7)17-11(13)15-8/h2-3,6H,1,5H2,(H2,13,15)(H,14,16). The van der Waals surface area contributed by atoms with Gasteiger partial charge in [0.25, 0.3) is 5.91 Å². The van der Waals surface area contributed by atoms with Crippen LogP contribution in [0.25, 0.3) is 10.2 Å². The molecule has 1 aromatic carbocycles. The van der Waals surface area contributed by atoms with Crippen LogP contribution in [-0.4, -0.2) is 17.4 Å². The molecule has 0 aliphatic rings. The van der Waals surface area contributed by atoms with Crippen molar-refractivity contribution in [1.82, 2.24) is 10.3 Å². The van der Waals surface area contributed by atoms with Crippen molar-refractivity contribution in [3.8, 4) is 6.07 Å². The number of nitriles is 1. The van der Waals surface area contributed by atoms with Gasteiger partial charge in [0.05, 0.1) is 22.7 Å². The van der Waals surface area contributed by atoms with Gasteiger partial charge in [0.1, 0.15) is 0 Å². The van der Waals surface area contributed by atoms with Crippen molar-refractivity contribution < 1.29 is 4.79 Å². The Morgan fingerprint density at radius 2 is 2.41 bits per heavy atom. The number of nitrogens with two attached hydrogens (primary N) is 1. The first-order valence-electron chi connectivity index (χ1n) is 5.02. The van der Waals surface area contributed by atoms with Gasteiger partial charge in [0.2, 0.25) is 0 Å². The molecule has 2 rings (SSSR count). The minimum atomic E-state index is -0.186. The third-order valence-corrected chi connectivity index (χ3v) is 3.04. The number of rotatable bonds is 3. The Kier molecular flexibility index (Phi) is 3.21. The van der Waals surface area contributed by atoms with Crippen molar-refractivity contribution in [2.75, 3.05) is 12.3 Å². The first-order valence-corrected chi connectivity index (χ1v) is 5.83. The van der Waals surface area contributed by atoms with Crippen molar-refractivity contribution in [1.29, 1.82) is 5.26 Å². The highest BCUT2D eigenvalue weighted by atomic mass is 32.1. The number of thiazole rings is 1. The van der Waals surface area contributed by atoms with E-state index in [2.05, 4.69) is 10.3 Å². The van der Waals surface area contributed by atoms with Crippen molar-refractivity contribution >= 4 is 32.6 Å². The van der Waals surface area contributed by atoms with E-state index in [4.69, 9.17) is 11.0 Å². The van der Waals surface area contributed by atoms with Crippen LogP contribution in [0.2, 0.25) is 0 Å². The molecule has 1 aromatic heterocycles. The Hall–Kier alpha value is -2.13. The van der Waals surface area contributed by atoms with Crippen molar-refractivity contribution in [3.05, 3.63) is 23.8 Å². The van der Waals surface area contributed by atoms with Crippen LogP contribution in [0.1, 0.15) is 16.8 Å². The lowest BCUT2D eigenvalue weighted by Crippen LogP contribution is -2.23. The molecular weight excluding hydrogens is 236 g/mol. The summed E-state index contributed by atoms with van der Waals surface area (Å²) in [7, 11) is 0. The van der Waals surface area contributed by atoms with Gasteiger partial charge in [-0.1, -0.05) is 11.3 Å². The largest absolute Gasteiger partial charge is 0.375 e. The third kappa shape index (κ3) is 2.52. The molecule has 86 valence electrons. The number of benzene rings is 1. The molecular formula is C11H10N4OS. The van der Waals surface area contributed by atoms with E-state index in [0.29, 0.717) is 23.7 Å². The average Bonchev–Trinajstić information content (AvgIpc) is 2.68. The molecule has 0 aliphatic heterocycles. The predicted octanol–water partition coefficient (Wildman–Crippen LogP) is 1.52. The van der Waals surface area contributed by atoms with Gasteiger partial charge in [-0.25, -0.2) is 4.98 Å². The second-order valence-electron chi connectivity index (χ2n) is 3.40. The Morgan fingerprint density at radius 3 is 3.18 bits per heavy atom. The molecule has 5 nitrogen and oxygen atoms in total. The highest BCUT2D eigenvalue weighted by Gasteiger charge is 2.07. The number of hydrogen-bond acceptors (Lipinski definition) is 5. The number of nitrogen functional groups attached to an aromatic ring is 1. The van der Waals surface area contributed by atoms with Crippen LogP contribution in [-0.2, 0) is 0 Å². The van der Waals surface area contributed by atoms with Gasteiger partial charge < -0.3 is 11.1 Å². The highest BCUT2D eigenvalue weighted by Crippen LogP contribution is 2.24. The molecule has 1 heterocycles. The monoisotopic (exact) mass is 246 g/mol. The molecule has 0 saturated heterocycles. The molecule has 0 spiro atoms. The summed E-state index contributed by atoms with van der Waals surface area (Å²) in [6.45, 7) is 0.359. The van der Waals surface area contributed by atoms with Gasteiger partial charge in [-0.3, -0.25) is 4.79 Å². The molecule has 17 heavy (non-hydrogen) atoms. The maximum absolute atomic E-state index is 11.7. The van der Waals surface area contributed by atoms with E-state index in [1.807, 2.05) is 6.07 Å². The van der Waals surface area contributed by atoms with Gasteiger partial charge in [-0.15, -0.1) is 0 Å². The van der Waals surface area contributed by atoms with E-state index in [0.717, 1.165) is 10.2 Å². The maximum Gasteiger partial charge on any atom is 0.251 e. The Balaban J connectivity index is 2.18. The summed E-state index contributed by atoms with van der Waals surface area (Å²) in [5.41, 5.74) is 6.93. The van der Waals surface area contributed by atoms with Crippen LogP contribution >= 0.6 is 11.3 Å². The van der Waals surface area contributed by atoms with E-state index in [-0.39, 0.29) is 5.91 Å². The molecule has 0 radical (unpaired) electrons. The summed E-state index contributed by atoms with van der Waals surface area (Å²) < 4.78 is 0.885. The lowest BCUT2D eigenvalue weighted by Gasteiger charge is -2.02. The van der Waals surface area contributed by atoms with E-state index >= 15 is 0 Å². The van der Waals surface area contributed by atoms with Crippen LogP contribution in [0.5, 0.6) is 0 Å². The van der Waals surface area contributed by atoms with Crippen molar-refractivity contribution in [3.63, 3.8) is 0 Å². The van der Waals surface area contributed by atoms with E-state index in [9.17, 15) is 4.79 Å². The number of aromatic nitrogens is 1. The second-order valence-corrected chi connectivity index (χ2v) is 4.46. The van der Waals surface area contributed by atoms with Crippen LogP contribution in [0.15, 0.2) is 18.2 Å². The first kappa shape index (κ1) is 11.4. The second kappa shape index (κ2) is 4.80. The average molecular weight is 246 g/mol. The number of anilines is 1. The molecule has 0 atom stereocenters. The fourth-order valence-corrected chi connectivity index (χ4v) is 2.19. The van der Waals surface area contributed by atoms with E-state index < -0.39 is 0 Å². The Labute approximate surface area is 102 Å². The topological polar surface area (TPSA) is 91.8 Å². The summed E-state index contributed by atoms with van der Waals surface area (Å²) >= 11 is 1.35. The van der Waals surface area contributed by atoms with Gasteiger partial charge in [0, 0.05) is 12.1 Å². The fraction of sp³-hybridized carbons (Fsp3) is 0.182. The molecule has 1 amide bonds. The number of amides is 1. The molecule has 0 saturated carbocycles. The quantitative estimate of drug-likeness (QED) is 0.803. The number of nitrogens with one attached hydrogen (secondary N) is 1. The number of fused-ring (bicyclic) bond motifs is 1. The minimum absolute atomic E-state index is 0.186. The van der Waals surface area contributed by atoms with Crippen LogP contribution < -0.4 is 11.1 Å². The summed E-state index contributed by atoms with van der Waals surface area (Å²) in [5.74, 6) is -0.186. The SMILES string of the molecule is N#CCCNC(=O)c1ccc2nc(N)sc2c1. The van der Waals surface area contributed by atoms with Crippen molar-refractivity contribution in [2.24, 2.45) is 0 Å². The minimum Gasteiger partial charge on any atom is -0.375 e. The number of carbonyl (C=O) groups is 1. The Morgan fingerprint density at radius 1 is 1.59 bits per heavy atom. The number of hydrogen-bond donors (Lipinski definition) is 2. The van der Waals surface area contributed by atoms with E-state index in [1.165, 1.54) is 11.3 Å². The zero-order valence-electron chi connectivity index (χ0n) is 8.93. The third-order valence-electron chi connectivity index (χ3n) is 2.19. The maximum atomic E-state index is 11.7. The molecule has 0 fully saturated rings. The zero-order chi connectivity index (χ0) is 12.3. The molecule has 6 heteroatoms. The van der Waals surface area contributed by atoms with Crippen LogP contribution in [0.4, 0.5) is 5.13 Å². The highest BCUT2D eigenvalue weighted by molar-refractivity contribution is 7.22. The molecule has 2 aromatic rings. The summed E-state index contributed by atoms with van der Waals surface area (Å²) in [4.78, 5) is 15.8. The normalized spacial score (nSPS) is 10.1. The summed E-state index contributed by atoms with van der Waals surface area (Å²) in [6.07, 6.45) is 0.307. The number of carbonyl (C=O) groups excluding carboxylic acids is 1. The zero-order valence-corrected chi connectivity index (χ0v) is 9.75. The Bertz CT molecular complexity index is 599. The van der Waals surface area contributed by atoms with Crippen LogP contribution in [0, 0.1) is 11.3 Å². The summed E-state index contributed by atoms with van der Waals surface area (Å²) in [6, 6.07) is 7.19. The molecule has 3 N–H and O–H groups in total. The molecule has 0 aliphatic carbocycles. The smallest absolute Gasteiger partial charge is 0.251 e. The van der Waals surface area contributed by atoms with Crippen molar-refractivity contribution in [2.45, 2.75) is 6.42 Å². The first-order chi connectivity index (χ1) is 8.20. The lowest BCUT2D eigenvalue weighted by molar-refractivity contribution is 0.0954.